The van der Waals surface area contributed by atoms with Gasteiger partial charge in [0.2, 0.25) is 17.5 Å². The van der Waals surface area contributed by atoms with Gasteiger partial charge < -0.3 is 38.5 Å². The number of nitrogens with one attached hydrogen (secondary N) is 1. The summed E-state index contributed by atoms with van der Waals surface area (Å²) in [6, 6.07) is 3.06. The van der Waals surface area contributed by atoms with Gasteiger partial charge in [0, 0.05) is 31.7 Å². The number of amides is 3. The van der Waals surface area contributed by atoms with Crippen molar-refractivity contribution in [1.29, 1.82) is 0 Å². The number of carbonyl (C=O) groups excluding carboxylic acids is 3. The number of carbonyl (C=O) groups is 3. The number of hydrogen-bond acceptors (Lipinski definition) is 11. The SMILES string of the molecule is CCOC(=O)N1CCN(C(=O)CSc2nnc(CNC(=O)c3cc(OC)c(OC)c(OC)c3)o2)CC1. The van der Waals surface area contributed by atoms with Crippen LogP contribution < -0.4 is 19.5 Å². The average Bonchev–Trinajstić information content (AvgIpc) is 3.37. The average molecular weight is 524 g/mol. The van der Waals surface area contributed by atoms with E-state index >= 15 is 0 Å². The maximum atomic E-state index is 12.6. The number of nitrogens with zero attached hydrogens (tertiary/aromatic N) is 4. The lowest BCUT2D eigenvalue weighted by atomic mass is 10.1. The van der Waals surface area contributed by atoms with Gasteiger partial charge in [-0.3, -0.25) is 9.59 Å². The van der Waals surface area contributed by atoms with Crippen molar-refractivity contribution in [2.45, 2.75) is 18.7 Å². The third-order valence-corrected chi connectivity index (χ3v) is 6.06. The number of piperazine rings is 1. The first kappa shape index (κ1) is 26.9. The van der Waals surface area contributed by atoms with Gasteiger partial charge in [-0.25, -0.2) is 4.79 Å². The number of hydrogen-bond donors (Lipinski definition) is 1. The van der Waals surface area contributed by atoms with Crippen molar-refractivity contribution < 1.29 is 37.7 Å². The zero-order valence-electron chi connectivity index (χ0n) is 20.6. The fourth-order valence-corrected chi connectivity index (χ4v) is 4.09. The predicted octanol–water partition coefficient (Wildman–Crippen LogP) is 1.42. The maximum Gasteiger partial charge on any atom is 0.409 e. The number of methoxy groups -OCH3 is 3. The van der Waals surface area contributed by atoms with Crippen LogP contribution in [0.1, 0.15) is 23.2 Å². The van der Waals surface area contributed by atoms with Gasteiger partial charge in [0.05, 0.1) is 40.2 Å². The fraction of sp³-hybridized carbons (Fsp3) is 0.500. The molecule has 0 radical (unpaired) electrons. The molecule has 1 saturated heterocycles. The van der Waals surface area contributed by atoms with Crippen LogP contribution in [0, 0.1) is 0 Å². The molecule has 0 unspecified atom stereocenters. The Bertz CT molecular complexity index is 1050. The Labute approximate surface area is 212 Å². The van der Waals surface area contributed by atoms with Gasteiger partial charge in [0.15, 0.2) is 11.5 Å². The Hall–Kier alpha value is -3.68. The van der Waals surface area contributed by atoms with E-state index in [-0.39, 0.29) is 35.4 Å². The van der Waals surface area contributed by atoms with Gasteiger partial charge in [-0.05, 0) is 19.1 Å². The molecule has 14 heteroatoms. The molecule has 0 spiro atoms. The molecule has 1 aromatic heterocycles. The first-order valence-electron chi connectivity index (χ1n) is 11.1. The Morgan fingerprint density at radius 2 is 1.64 bits per heavy atom. The van der Waals surface area contributed by atoms with Crippen LogP contribution in [0.25, 0.3) is 0 Å². The summed E-state index contributed by atoms with van der Waals surface area (Å²) >= 11 is 1.11. The molecular weight excluding hydrogens is 494 g/mol. The number of thioether (sulfide) groups is 1. The molecule has 1 aliphatic heterocycles. The van der Waals surface area contributed by atoms with E-state index in [0.29, 0.717) is 55.6 Å². The fourth-order valence-electron chi connectivity index (χ4n) is 3.41. The summed E-state index contributed by atoms with van der Waals surface area (Å²) in [4.78, 5) is 40.1. The zero-order chi connectivity index (χ0) is 26.1. The lowest BCUT2D eigenvalue weighted by Gasteiger charge is -2.33. The molecule has 1 aromatic carbocycles. The molecule has 0 aliphatic carbocycles. The van der Waals surface area contributed by atoms with Gasteiger partial charge in [0.25, 0.3) is 11.1 Å². The summed E-state index contributed by atoms with van der Waals surface area (Å²) in [5, 5.41) is 10.7. The monoisotopic (exact) mass is 523 g/mol. The molecular formula is C22H29N5O8S. The molecule has 1 fully saturated rings. The second-order valence-electron chi connectivity index (χ2n) is 7.41. The summed E-state index contributed by atoms with van der Waals surface area (Å²) in [5.74, 6) is 0.881. The molecule has 0 bridgehead atoms. The lowest BCUT2D eigenvalue weighted by molar-refractivity contribution is -0.129. The van der Waals surface area contributed by atoms with Crippen molar-refractivity contribution in [2.75, 3.05) is 59.9 Å². The number of aromatic nitrogens is 2. The minimum atomic E-state index is -0.404. The van der Waals surface area contributed by atoms with Crippen LogP contribution in [0.5, 0.6) is 17.2 Å². The van der Waals surface area contributed by atoms with E-state index in [1.165, 1.54) is 33.5 Å². The Balaban J connectivity index is 1.47. The summed E-state index contributed by atoms with van der Waals surface area (Å²) < 4.78 is 26.3. The van der Waals surface area contributed by atoms with Gasteiger partial charge in [0.1, 0.15) is 0 Å². The van der Waals surface area contributed by atoms with Crippen molar-refractivity contribution in [2.24, 2.45) is 0 Å². The highest BCUT2D eigenvalue weighted by Crippen LogP contribution is 2.38. The highest BCUT2D eigenvalue weighted by molar-refractivity contribution is 7.99. The second kappa shape index (κ2) is 12.9. The minimum Gasteiger partial charge on any atom is -0.493 e. The summed E-state index contributed by atoms with van der Waals surface area (Å²) in [5.41, 5.74) is 0.298. The van der Waals surface area contributed by atoms with E-state index in [1.807, 2.05) is 0 Å². The van der Waals surface area contributed by atoms with Crippen molar-refractivity contribution in [3.8, 4) is 17.2 Å². The highest BCUT2D eigenvalue weighted by atomic mass is 32.2. The number of rotatable bonds is 10. The standard InChI is InChI=1S/C22H29N5O8S/c1-5-34-22(30)27-8-6-26(7-9-27)18(28)13-36-21-25-24-17(35-21)12-23-20(29)14-10-15(31-2)19(33-4)16(11-14)32-3/h10-11H,5-9,12-13H2,1-4H3,(H,23,29). The smallest absolute Gasteiger partial charge is 0.409 e. The van der Waals surface area contributed by atoms with Crippen molar-refractivity contribution in [3.05, 3.63) is 23.6 Å². The van der Waals surface area contributed by atoms with Crippen LogP contribution in [0.4, 0.5) is 4.79 Å². The first-order chi connectivity index (χ1) is 17.4. The Kier molecular flexibility index (Phi) is 9.61. The van der Waals surface area contributed by atoms with Crippen molar-refractivity contribution >= 4 is 29.7 Å². The van der Waals surface area contributed by atoms with Crippen LogP contribution >= 0.6 is 11.8 Å². The molecule has 3 amide bonds. The molecule has 13 nitrogen and oxygen atoms in total. The topological polar surface area (TPSA) is 146 Å². The molecule has 1 aliphatic rings. The largest absolute Gasteiger partial charge is 0.493 e. The molecule has 196 valence electrons. The van der Waals surface area contributed by atoms with E-state index < -0.39 is 5.91 Å². The molecule has 2 aromatic rings. The molecule has 3 rings (SSSR count). The summed E-state index contributed by atoms with van der Waals surface area (Å²) in [7, 11) is 4.40. The minimum absolute atomic E-state index is 0.00712. The second-order valence-corrected chi connectivity index (χ2v) is 8.34. The zero-order valence-corrected chi connectivity index (χ0v) is 21.4. The highest BCUT2D eigenvalue weighted by Gasteiger charge is 2.25. The van der Waals surface area contributed by atoms with Gasteiger partial charge in [-0.1, -0.05) is 11.8 Å². The van der Waals surface area contributed by atoms with Gasteiger partial charge >= 0.3 is 6.09 Å². The first-order valence-corrected chi connectivity index (χ1v) is 12.1. The van der Waals surface area contributed by atoms with Gasteiger partial charge in [-0.2, -0.15) is 0 Å². The van der Waals surface area contributed by atoms with Crippen LogP contribution in [0.15, 0.2) is 21.8 Å². The Morgan fingerprint density at radius 3 is 2.22 bits per heavy atom. The normalized spacial score (nSPS) is 13.2. The van der Waals surface area contributed by atoms with Crippen LogP contribution in [0.2, 0.25) is 0 Å². The molecule has 2 heterocycles. The number of ether oxygens (including phenoxy) is 4. The lowest BCUT2D eigenvalue weighted by Crippen LogP contribution is -2.51. The van der Waals surface area contributed by atoms with Crippen LogP contribution in [0.3, 0.4) is 0 Å². The van der Waals surface area contributed by atoms with Crippen LogP contribution in [-0.2, 0) is 16.1 Å². The summed E-state index contributed by atoms with van der Waals surface area (Å²) in [6.45, 7) is 3.77. The summed E-state index contributed by atoms with van der Waals surface area (Å²) in [6.07, 6.45) is -0.366. The van der Waals surface area contributed by atoms with Crippen LogP contribution in [-0.4, -0.2) is 97.8 Å². The third kappa shape index (κ3) is 6.71. The number of benzene rings is 1. The molecule has 1 N–H and O–H groups in total. The molecule has 0 atom stereocenters. The van der Waals surface area contributed by atoms with Crippen molar-refractivity contribution in [1.82, 2.24) is 25.3 Å². The molecule has 0 saturated carbocycles. The van der Waals surface area contributed by atoms with E-state index in [0.717, 1.165) is 11.8 Å². The maximum absolute atomic E-state index is 12.6. The predicted molar refractivity (Wildman–Crippen MR) is 127 cm³/mol. The van der Waals surface area contributed by atoms with E-state index in [1.54, 1.807) is 16.7 Å². The van der Waals surface area contributed by atoms with E-state index in [4.69, 9.17) is 23.4 Å². The van der Waals surface area contributed by atoms with Gasteiger partial charge in [-0.15, -0.1) is 10.2 Å². The van der Waals surface area contributed by atoms with E-state index in [2.05, 4.69) is 15.5 Å². The van der Waals surface area contributed by atoms with E-state index in [9.17, 15) is 14.4 Å². The van der Waals surface area contributed by atoms with Crippen molar-refractivity contribution in [3.63, 3.8) is 0 Å². The quantitative estimate of drug-likeness (QED) is 0.451. The molecule has 36 heavy (non-hydrogen) atoms. The third-order valence-electron chi connectivity index (χ3n) is 5.25. The Morgan fingerprint density at radius 1 is 1.00 bits per heavy atom.